The number of hydrogen-bond donors (Lipinski definition) is 0. The van der Waals surface area contributed by atoms with Crippen LogP contribution in [0.3, 0.4) is 0 Å². The summed E-state index contributed by atoms with van der Waals surface area (Å²) in [6, 6.07) is 3.99. The molecule has 2 rings (SSSR count). The van der Waals surface area contributed by atoms with Crippen LogP contribution in [0.5, 0.6) is 5.88 Å². The smallest absolute Gasteiger partial charge is 0.254 e. The highest BCUT2D eigenvalue weighted by atomic mass is 32.1. The molecule has 0 aromatic carbocycles. The summed E-state index contributed by atoms with van der Waals surface area (Å²) in [5.41, 5.74) is 3.05. The van der Waals surface area contributed by atoms with E-state index in [1.807, 2.05) is 56.1 Å². The molecule has 0 aliphatic heterocycles. The van der Waals surface area contributed by atoms with E-state index in [-0.39, 0.29) is 0 Å². The first-order valence-corrected chi connectivity index (χ1v) is 6.44. The van der Waals surface area contributed by atoms with Crippen LogP contribution in [0.25, 0.3) is 11.3 Å². The third kappa shape index (κ3) is 3.13. The quantitative estimate of drug-likeness (QED) is 0.627. The second-order valence-electron chi connectivity index (χ2n) is 4.27. The minimum Gasteiger partial charge on any atom is -0.471 e. The van der Waals surface area contributed by atoms with Crippen LogP contribution in [0.2, 0.25) is 0 Å². The molecular weight excluding hydrogens is 246 g/mol. The number of nitrogens with zero attached hydrogens (tertiary/aromatic N) is 3. The average molecular weight is 262 g/mol. The van der Waals surface area contributed by atoms with E-state index in [0.717, 1.165) is 11.3 Å². The maximum atomic E-state index is 5.63. The summed E-state index contributed by atoms with van der Waals surface area (Å²) in [6.45, 7) is 4.61. The molecule has 0 radical (unpaired) electrons. The van der Waals surface area contributed by atoms with Crippen LogP contribution in [0.1, 0.15) is 13.8 Å². The van der Waals surface area contributed by atoms with Crippen molar-refractivity contribution in [3.63, 3.8) is 0 Å². The molecule has 0 bridgehead atoms. The van der Waals surface area contributed by atoms with E-state index in [9.17, 15) is 0 Å². The highest BCUT2D eigenvalue weighted by molar-refractivity contribution is 6.99. The molecular formula is C13H16N3OS+. The second kappa shape index (κ2) is 5.73. The van der Waals surface area contributed by atoms with Crippen molar-refractivity contribution in [2.45, 2.75) is 13.8 Å². The Morgan fingerprint density at radius 2 is 2.28 bits per heavy atom. The first-order chi connectivity index (χ1) is 8.66. The topological polar surface area (TPSA) is 38.9 Å². The molecule has 0 saturated carbocycles. The molecule has 0 aliphatic rings. The van der Waals surface area contributed by atoms with Crippen molar-refractivity contribution in [3.8, 4) is 17.1 Å². The van der Waals surface area contributed by atoms with Crippen molar-refractivity contribution in [2.24, 2.45) is 7.05 Å². The molecule has 94 valence electrons. The van der Waals surface area contributed by atoms with Gasteiger partial charge >= 0.3 is 0 Å². The Morgan fingerprint density at radius 3 is 3.00 bits per heavy atom. The molecule has 2 heterocycles. The minimum absolute atomic E-state index is 0.527. The van der Waals surface area contributed by atoms with Crippen molar-refractivity contribution in [1.29, 1.82) is 0 Å². The standard InChI is InChI=1S/C13H16N3OS/c1-10(2)6-8-17-13-12(14-18-15-13)11-5-4-7-16(3)9-11/h4-7,9H,8H2,1-3H3/q+1. The fourth-order valence-corrected chi connectivity index (χ4v) is 1.99. The fraction of sp³-hybridized carbons (Fsp3) is 0.308. The lowest BCUT2D eigenvalue weighted by Gasteiger charge is -2.01. The van der Waals surface area contributed by atoms with Gasteiger partial charge in [0.25, 0.3) is 5.88 Å². The summed E-state index contributed by atoms with van der Waals surface area (Å²) >= 11 is 1.17. The van der Waals surface area contributed by atoms with Gasteiger partial charge in [0.15, 0.2) is 18.1 Å². The number of allylic oxidation sites excluding steroid dienone is 1. The predicted molar refractivity (Wildman–Crippen MR) is 71.4 cm³/mol. The Labute approximate surface area is 111 Å². The maximum Gasteiger partial charge on any atom is 0.254 e. The van der Waals surface area contributed by atoms with Gasteiger partial charge < -0.3 is 4.74 Å². The van der Waals surface area contributed by atoms with Gasteiger partial charge in [-0.05, 0) is 26.0 Å². The molecule has 0 N–H and O–H groups in total. The summed E-state index contributed by atoms with van der Waals surface area (Å²) in [7, 11) is 1.98. The van der Waals surface area contributed by atoms with Crippen LogP contribution in [-0.2, 0) is 7.05 Å². The zero-order valence-corrected chi connectivity index (χ0v) is 11.6. The van der Waals surface area contributed by atoms with Crippen molar-refractivity contribution >= 4 is 11.7 Å². The number of rotatable bonds is 4. The normalized spacial score (nSPS) is 10.2. The van der Waals surface area contributed by atoms with Gasteiger partial charge in [0.1, 0.15) is 13.7 Å². The van der Waals surface area contributed by atoms with Crippen molar-refractivity contribution in [2.75, 3.05) is 6.61 Å². The zero-order chi connectivity index (χ0) is 13.0. The van der Waals surface area contributed by atoms with Gasteiger partial charge in [0, 0.05) is 6.07 Å². The van der Waals surface area contributed by atoms with Gasteiger partial charge in [-0.1, -0.05) is 5.57 Å². The van der Waals surface area contributed by atoms with Gasteiger partial charge in [0.05, 0.1) is 17.3 Å². The molecule has 5 heteroatoms. The van der Waals surface area contributed by atoms with Crippen molar-refractivity contribution < 1.29 is 9.30 Å². The van der Waals surface area contributed by atoms with Crippen LogP contribution < -0.4 is 9.30 Å². The third-order valence-corrected chi connectivity index (χ3v) is 2.89. The Bertz CT molecular complexity index is 559. The Hall–Kier alpha value is -1.75. The Kier molecular flexibility index (Phi) is 4.04. The molecule has 0 spiro atoms. The summed E-state index contributed by atoms with van der Waals surface area (Å²) in [5, 5.41) is 0. The van der Waals surface area contributed by atoms with Gasteiger partial charge in [-0.3, -0.25) is 0 Å². The van der Waals surface area contributed by atoms with E-state index in [2.05, 4.69) is 8.75 Å². The van der Waals surface area contributed by atoms with Crippen molar-refractivity contribution in [1.82, 2.24) is 8.75 Å². The molecule has 2 aromatic heterocycles. The van der Waals surface area contributed by atoms with E-state index in [0.29, 0.717) is 12.5 Å². The SMILES string of the molecule is CC(C)=CCOc1nsnc1-c1ccc[n+](C)c1. The van der Waals surface area contributed by atoms with E-state index in [1.165, 1.54) is 17.3 Å². The Balaban J connectivity index is 2.20. The van der Waals surface area contributed by atoms with Crippen LogP contribution in [-0.4, -0.2) is 15.4 Å². The molecule has 0 saturated heterocycles. The first kappa shape index (κ1) is 12.7. The van der Waals surface area contributed by atoms with Gasteiger partial charge in [-0.15, -0.1) is 4.37 Å². The predicted octanol–water partition coefficient (Wildman–Crippen LogP) is 2.37. The fourth-order valence-electron chi connectivity index (χ4n) is 1.47. The molecule has 0 atom stereocenters. The molecule has 4 nitrogen and oxygen atoms in total. The van der Waals surface area contributed by atoms with E-state index >= 15 is 0 Å². The number of ether oxygens (including phenoxy) is 1. The summed E-state index contributed by atoms with van der Waals surface area (Å²) in [4.78, 5) is 0. The van der Waals surface area contributed by atoms with Crippen LogP contribution in [0.15, 0.2) is 36.2 Å². The monoisotopic (exact) mass is 262 g/mol. The lowest BCUT2D eigenvalue weighted by atomic mass is 10.2. The molecule has 0 fully saturated rings. The molecule has 2 aromatic rings. The third-order valence-electron chi connectivity index (χ3n) is 2.38. The average Bonchev–Trinajstić information content (AvgIpc) is 2.77. The molecule has 0 unspecified atom stereocenters. The number of pyridine rings is 1. The van der Waals surface area contributed by atoms with Crippen molar-refractivity contribution in [3.05, 3.63) is 36.2 Å². The minimum atomic E-state index is 0.527. The second-order valence-corrected chi connectivity index (χ2v) is 4.80. The molecule has 18 heavy (non-hydrogen) atoms. The highest BCUT2D eigenvalue weighted by Crippen LogP contribution is 2.26. The number of hydrogen-bond acceptors (Lipinski definition) is 4. The number of aryl methyl sites for hydroxylation is 1. The lowest BCUT2D eigenvalue weighted by Crippen LogP contribution is -2.26. The summed E-state index contributed by atoms with van der Waals surface area (Å²) in [5.74, 6) is 0.601. The van der Waals surface area contributed by atoms with Crippen LogP contribution in [0, 0.1) is 0 Å². The van der Waals surface area contributed by atoms with Crippen LogP contribution >= 0.6 is 11.7 Å². The summed E-state index contributed by atoms with van der Waals surface area (Å²) < 4.78 is 16.1. The van der Waals surface area contributed by atoms with Gasteiger partial charge in [0.2, 0.25) is 0 Å². The molecule has 0 amide bonds. The zero-order valence-electron chi connectivity index (χ0n) is 10.8. The van der Waals surface area contributed by atoms with Gasteiger partial charge in [-0.2, -0.15) is 4.37 Å². The summed E-state index contributed by atoms with van der Waals surface area (Å²) in [6.07, 6.45) is 6.01. The van der Waals surface area contributed by atoms with Crippen LogP contribution in [0.4, 0.5) is 0 Å². The maximum absolute atomic E-state index is 5.63. The largest absolute Gasteiger partial charge is 0.471 e. The first-order valence-electron chi connectivity index (χ1n) is 5.71. The highest BCUT2D eigenvalue weighted by Gasteiger charge is 2.13. The Morgan fingerprint density at radius 1 is 1.44 bits per heavy atom. The van der Waals surface area contributed by atoms with E-state index in [4.69, 9.17) is 4.74 Å². The molecule has 0 aliphatic carbocycles. The van der Waals surface area contributed by atoms with Gasteiger partial charge in [-0.25, -0.2) is 4.57 Å². The number of aromatic nitrogens is 3. The van der Waals surface area contributed by atoms with E-state index in [1.54, 1.807) is 0 Å². The van der Waals surface area contributed by atoms with E-state index < -0.39 is 0 Å². The lowest BCUT2D eigenvalue weighted by molar-refractivity contribution is -0.671.